The molecule has 1 aromatic carbocycles. The maximum Gasteiger partial charge on any atom is 0.304 e. The minimum Gasteiger partial charge on any atom is -0.481 e. The number of hydrogen-bond donors (Lipinski definition) is 1. The third-order valence-electron chi connectivity index (χ3n) is 4.71. The molecule has 4 heteroatoms. The van der Waals surface area contributed by atoms with Crippen LogP contribution in [0.5, 0.6) is 0 Å². The number of carbonyl (C=O) groups is 2. The van der Waals surface area contributed by atoms with Gasteiger partial charge in [0.15, 0.2) is 0 Å². The first kappa shape index (κ1) is 14.1. The van der Waals surface area contributed by atoms with Gasteiger partial charge in [0.2, 0.25) is 5.91 Å². The molecule has 21 heavy (non-hydrogen) atoms. The molecule has 1 aliphatic carbocycles. The fourth-order valence-corrected chi connectivity index (χ4v) is 3.66. The standard InChI is InChI=1S/C17H21NO3/c19-16(20)10-13-11-18(15-9-5-4-8-14(13)15)17(21)12-6-2-1-3-7-12/h4-5,8-9,12-13H,1-3,6-7,10-11H2,(H,19,20). The molecule has 1 amide bonds. The van der Waals surface area contributed by atoms with Gasteiger partial charge in [0, 0.05) is 24.1 Å². The summed E-state index contributed by atoms with van der Waals surface area (Å²) in [6.45, 7) is 0.515. The number of benzene rings is 1. The van der Waals surface area contributed by atoms with Crippen LogP contribution in [0.1, 0.15) is 50.0 Å². The monoisotopic (exact) mass is 287 g/mol. The van der Waals surface area contributed by atoms with Gasteiger partial charge < -0.3 is 10.0 Å². The average molecular weight is 287 g/mol. The Labute approximate surface area is 124 Å². The summed E-state index contributed by atoms with van der Waals surface area (Å²) in [6.07, 6.45) is 5.52. The zero-order chi connectivity index (χ0) is 14.8. The van der Waals surface area contributed by atoms with Gasteiger partial charge in [-0.05, 0) is 24.5 Å². The van der Waals surface area contributed by atoms with Gasteiger partial charge in [-0.2, -0.15) is 0 Å². The number of carboxylic acid groups (broad SMARTS) is 1. The van der Waals surface area contributed by atoms with Crippen molar-refractivity contribution in [2.45, 2.75) is 44.4 Å². The molecule has 0 radical (unpaired) electrons. The Bertz CT molecular complexity index is 549. The Kier molecular flexibility index (Phi) is 3.95. The molecule has 1 fully saturated rings. The van der Waals surface area contributed by atoms with Crippen LogP contribution in [0, 0.1) is 5.92 Å². The van der Waals surface area contributed by atoms with E-state index >= 15 is 0 Å². The molecule has 2 aliphatic rings. The Morgan fingerprint density at radius 1 is 1.14 bits per heavy atom. The summed E-state index contributed by atoms with van der Waals surface area (Å²) in [5, 5.41) is 9.07. The number of anilines is 1. The molecule has 4 nitrogen and oxygen atoms in total. The minimum absolute atomic E-state index is 0.0776. The number of fused-ring (bicyclic) bond motifs is 1. The van der Waals surface area contributed by atoms with Crippen LogP contribution in [0.15, 0.2) is 24.3 Å². The third-order valence-corrected chi connectivity index (χ3v) is 4.71. The second kappa shape index (κ2) is 5.88. The molecule has 1 saturated carbocycles. The van der Waals surface area contributed by atoms with Gasteiger partial charge in [-0.3, -0.25) is 9.59 Å². The van der Waals surface area contributed by atoms with E-state index in [1.165, 1.54) is 6.42 Å². The van der Waals surface area contributed by atoms with Crippen LogP contribution in [0.4, 0.5) is 5.69 Å². The summed E-state index contributed by atoms with van der Waals surface area (Å²) in [5.74, 6) is -0.571. The predicted molar refractivity (Wildman–Crippen MR) is 80.4 cm³/mol. The first-order valence-electron chi connectivity index (χ1n) is 7.79. The molecule has 1 aliphatic heterocycles. The van der Waals surface area contributed by atoms with Crippen LogP contribution in [-0.2, 0) is 9.59 Å². The summed E-state index contributed by atoms with van der Waals surface area (Å²) in [7, 11) is 0. The summed E-state index contributed by atoms with van der Waals surface area (Å²) < 4.78 is 0. The molecule has 3 rings (SSSR count). The molecule has 1 N–H and O–H groups in total. The zero-order valence-electron chi connectivity index (χ0n) is 12.1. The number of amides is 1. The Morgan fingerprint density at radius 2 is 1.86 bits per heavy atom. The fraction of sp³-hybridized carbons (Fsp3) is 0.529. The summed E-state index contributed by atoms with van der Waals surface area (Å²) >= 11 is 0. The van der Waals surface area contributed by atoms with Crippen LogP contribution in [0.3, 0.4) is 0 Å². The Hall–Kier alpha value is -1.84. The fourth-order valence-electron chi connectivity index (χ4n) is 3.66. The smallest absolute Gasteiger partial charge is 0.304 e. The molecule has 1 heterocycles. The molecule has 0 bridgehead atoms. The minimum atomic E-state index is -0.804. The van der Waals surface area contributed by atoms with Crippen LogP contribution in [-0.4, -0.2) is 23.5 Å². The van der Waals surface area contributed by atoms with Crippen molar-refractivity contribution in [3.05, 3.63) is 29.8 Å². The highest BCUT2D eigenvalue weighted by molar-refractivity contribution is 5.97. The van der Waals surface area contributed by atoms with Crippen molar-refractivity contribution in [2.24, 2.45) is 5.92 Å². The van der Waals surface area contributed by atoms with Gasteiger partial charge >= 0.3 is 5.97 Å². The molecule has 0 aromatic heterocycles. The number of para-hydroxylation sites is 1. The molecular formula is C17H21NO3. The first-order chi connectivity index (χ1) is 10.2. The number of carbonyl (C=O) groups excluding carboxylic acids is 1. The highest BCUT2D eigenvalue weighted by Gasteiger charge is 2.36. The van der Waals surface area contributed by atoms with Gasteiger partial charge in [-0.15, -0.1) is 0 Å². The molecule has 1 aromatic rings. The normalized spacial score (nSPS) is 22.1. The van der Waals surface area contributed by atoms with E-state index in [0.29, 0.717) is 6.54 Å². The van der Waals surface area contributed by atoms with Gasteiger partial charge in [0.25, 0.3) is 0 Å². The second-order valence-electron chi connectivity index (χ2n) is 6.14. The number of hydrogen-bond acceptors (Lipinski definition) is 2. The topological polar surface area (TPSA) is 57.6 Å². The van der Waals surface area contributed by atoms with Crippen molar-refractivity contribution < 1.29 is 14.7 Å². The van der Waals surface area contributed by atoms with Crippen molar-refractivity contribution in [3.63, 3.8) is 0 Å². The van der Waals surface area contributed by atoms with Crippen molar-refractivity contribution in [1.82, 2.24) is 0 Å². The maximum absolute atomic E-state index is 12.8. The van der Waals surface area contributed by atoms with Crippen LogP contribution in [0.25, 0.3) is 0 Å². The number of rotatable bonds is 3. The molecule has 0 saturated heterocycles. The number of nitrogens with zero attached hydrogens (tertiary/aromatic N) is 1. The largest absolute Gasteiger partial charge is 0.481 e. The summed E-state index contributed by atoms with van der Waals surface area (Å²) in [5.41, 5.74) is 1.92. The Balaban J connectivity index is 1.83. The first-order valence-corrected chi connectivity index (χ1v) is 7.79. The molecular weight excluding hydrogens is 266 g/mol. The lowest BCUT2D eigenvalue weighted by Crippen LogP contribution is -2.36. The lowest BCUT2D eigenvalue weighted by Gasteiger charge is -2.26. The molecule has 1 unspecified atom stereocenters. The zero-order valence-corrected chi connectivity index (χ0v) is 12.1. The van der Waals surface area contributed by atoms with E-state index < -0.39 is 5.97 Å². The van der Waals surface area contributed by atoms with E-state index in [0.717, 1.165) is 36.9 Å². The van der Waals surface area contributed by atoms with Gasteiger partial charge in [-0.1, -0.05) is 37.5 Å². The van der Waals surface area contributed by atoms with Crippen molar-refractivity contribution >= 4 is 17.6 Å². The second-order valence-corrected chi connectivity index (χ2v) is 6.14. The molecule has 0 spiro atoms. The Morgan fingerprint density at radius 3 is 2.57 bits per heavy atom. The lowest BCUT2D eigenvalue weighted by molar-refractivity contribution is -0.137. The highest BCUT2D eigenvalue weighted by Crippen LogP contribution is 2.39. The van der Waals surface area contributed by atoms with E-state index in [-0.39, 0.29) is 24.2 Å². The van der Waals surface area contributed by atoms with E-state index in [4.69, 9.17) is 5.11 Å². The summed E-state index contributed by atoms with van der Waals surface area (Å²) in [6, 6.07) is 7.74. The van der Waals surface area contributed by atoms with Crippen LogP contribution >= 0.6 is 0 Å². The summed E-state index contributed by atoms with van der Waals surface area (Å²) in [4.78, 5) is 25.6. The molecule has 112 valence electrons. The van der Waals surface area contributed by atoms with Crippen LogP contribution in [0.2, 0.25) is 0 Å². The predicted octanol–water partition coefficient (Wildman–Crippen LogP) is 3.17. The maximum atomic E-state index is 12.8. The van der Waals surface area contributed by atoms with Crippen molar-refractivity contribution in [3.8, 4) is 0 Å². The van der Waals surface area contributed by atoms with Crippen molar-refractivity contribution in [1.29, 1.82) is 0 Å². The average Bonchev–Trinajstić information content (AvgIpc) is 2.86. The van der Waals surface area contributed by atoms with E-state index in [2.05, 4.69) is 0 Å². The van der Waals surface area contributed by atoms with Gasteiger partial charge in [-0.25, -0.2) is 0 Å². The van der Waals surface area contributed by atoms with Crippen molar-refractivity contribution in [2.75, 3.05) is 11.4 Å². The quantitative estimate of drug-likeness (QED) is 0.929. The lowest BCUT2D eigenvalue weighted by atomic mass is 9.88. The highest BCUT2D eigenvalue weighted by atomic mass is 16.4. The third kappa shape index (κ3) is 2.80. The van der Waals surface area contributed by atoms with Crippen LogP contribution < -0.4 is 4.90 Å². The van der Waals surface area contributed by atoms with E-state index in [9.17, 15) is 9.59 Å². The number of aliphatic carboxylic acids is 1. The molecule has 1 atom stereocenters. The SMILES string of the molecule is O=C(O)CC1CN(C(=O)C2CCCCC2)c2ccccc21. The van der Waals surface area contributed by atoms with E-state index in [1.807, 2.05) is 29.2 Å². The number of carboxylic acids is 1. The van der Waals surface area contributed by atoms with Gasteiger partial charge in [0.05, 0.1) is 6.42 Å². The van der Waals surface area contributed by atoms with Gasteiger partial charge in [0.1, 0.15) is 0 Å². The van der Waals surface area contributed by atoms with E-state index in [1.54, 1.807) is 0 Å².